The first kappa shape index (κ1) is 10.7. The number of anilines is 1. The van der Waals surface area contributed by atoms with Gasteiger partial charge in [-0.2, -0.15) is 0 Å². The second kappa shape index (κ2) is 4.39. The van der Waals surface area contributed by atoms with E-state index in [1.807, 2.05) is 26.0 Å². The molecule has 3 heteroatoms. The molecule has 0 unspecified atom stereocenters. The highest BCUT2D eigenvalue weighted by molar-refractivity contribution is 6.08. The number of hydrogen-bond acceptors (Lipinski definition) is 3. The maximum Gasteiger partial charge on any atom is 0.189 e. The molecular weight excluding hydrogens is 202 g/mol. The molecule has 0 atom stereocenters. The number of carbonyl (C=O) groups is 1. The summed E-state index contributed by atoms with van der Waals surface area (Å²) in [7, 11) is 0. The molecule has 84 valence electrons. The topological polar surface area (TPSA) is 38.3 Å². The van der Waals surface area contributed by atoms with Crippen LogP contribution in [-0.2, 0) is 0 Å². The second-order valence-electron chi connectivity index (χ2n) is 4.04. The number of nitrogens with one attached hydrogen (secondary N) is 1. The van der Waals surface area contributed by atoms with E-state index in [0.717, 1.165) is 17.8 Å². The molecule has 0 aliphatic carbocycles. The Balaban J connectivity index is 2.41. The fraction of sp³-hybridized carbons (Fsp3) is 0.308. The van der Waals surface area contributed by atoms with Gasteiger partial charge in [-0.05, 0) is 32.1 Å². The monoisotopic (exact) mass is 217 g/mol. The molecule has 1 heterocycles. The van der Waals surface area contributed by atoms with Crippen molar-refractivity contribution in [2.24, 2.45) is 0 Å². The molecule has 3 nitrogen and oxygen atoms in total. The Labute approximate surface area is 95.1 Å². The van der Waals surface area contributed by atoms with Crippen molar-refractivity contribution in [3.05, 3.63) is 35.4 Å². The second-order valence-corrected chi connectivity index (χ2v) is 4.04. The van der Waals surface area contributed by atoms with Gasteiger partial charge in [0.15, 0.2) is 11.5 Å². The molecule has 2 rings (SSSR count). The number of hydrogen-bond donors (Lipinski definition) is 1. The molecule has 0 saturated carbocycles. The van der Waals surface area contributed by atoms with E-state index in [0.29, 0.717) is 17.9 Å². The van der Waals surface area contributed by atoms with Crippen LogP contribution in [0.1, 0.15) is 24.2 Å². The molecule has 0 radical (unpaired) electrons. The largest absolute Gasteiger partial charge is 0.489 e. The molecule has 16 heavy (non-hydrogen) atoms. The van der Waals surface area contributed by atoms with E-state index in [9.17, 15) is 4.79 Å². The van der Waals surface area contributed by atoms with Crippen LogP contribution in [0, 0.1) is 0 Å². The summed E-state index contributed by atoms with van der Waals surface area (Å²) < 4.78 is 5.54. The highest BCUT2D eigenvalue weighted by Crippen LogP contribution is 2.31. The van der Waals surface area contributed by atoms with Crippen LogP contribution in [-0.4, -0.2) is 18.9 Å². The molecule has 1 aromatic rings. The first-order valence-electron chi connectivity index (χ1n) is 5.37. The average molecular weight is 217 g/mol. The summed E-state index contributed by atoms with van der Waals surface area (Å²) in [5.41, 5.74) is 2.52. The minimum atomic E-state index is 0.000509. The molecule has 0 amide bonds. The van der Waals surface area contributed by atoms with Crippen LogP contribution >= 0.6 is 0 Å². The van der Waals surface area contributed by atoms with E-state index in [2.05, 4.69) is 5.32 Å². The Morgan fingerprint density at radius 3 is 3.00 bits per heavy atom. The average Bonchev–Trinajstić information content (AvgIpc) is 2.27. The summed E-state index contributed by atoms with van der Waals surface area (Å²) >= 11 is 0. The summed E-state index contributed by atoms with van der Waals surface area (Å²) in [5.74, 6) is 0.678. The van der Waals surface area contributed by atoms with Gasteiger partial charge < -0.3 is 10.1 Å². The number of allylic oxidation sites excluding steroid dienone is 2. The van der Waals surface area contributed by atoms with E-state index in [1.54, 1.807) is 12.1 Å². The number of benzene rings is 1. The maximum atomic E-state index is 11.9. The fourth-order valence-electron chi connectivity index (χ4n) is 1.70. The van der Waals surface area contributed by atoms with Gasteiger partial charge in [0.2, 0.25) is 0 Å². The lowest BCUT2D eigenvalue weighted by molar-refractivity contribution is 0.104. The van der Waals surface area contributed by atoms with Crippen LogP contribution in [0.2, 0.25) is 0 Å². The first-order chi connectivity index (χ1) is 7.68. The summed E-state index contributed by atoms with van der Waals surface area (Å²) in [5, 5.41) is 3.21. The maximum absolute atomic E-state index is 11.9. The number of ether oxygens (including phenoxy) is 1. The number of ketones is 1. The Morgan fingerprint density at radius 1 is 1.44 bits per heavy atom. The molecule has 0 aromatic heterocycles. The zero-order chi connectivity index (χ0) is 11.5. The van der Waals surface area contributed by atoms with Crippen LogP contribution in [0.3, 0.4) is 0 Å². The van der Waals surface area contributed by atoms with Crippen LogP contribution in [0.25, 0.3) is 0 Å². The number of carbonyl (C=O) groups excluding carboxylic acids is 1. The van der Waals surface area contributed by atoms with Crippen molar-refractivity contribution in [1.82, 2.24) is 0 Å². The third-order valence-electron chi connectivity index (χ3n) is 2.36. The van der Waals surface area contributed by atoms with E-state index in [-0.39, 0.29) is 5.78 Å². The zero-order valence-corrected chi connectivity index (χ0v) is 9.54. The molecule has 1 aliphatic heterocycles. The van der Waals surface area contributed by atoms with Crippen LogP contribution in [0.5, 0.6) is 5.75 Å². The molecule has 0 spiro atoms. The van der Waals surface area contributed by atoms with Gasteiger partial charge in [-0.3, -0.25) is 4.79 Å². The van der Waals surface area contributed by atoms with Gasteiger partial charge in [0.05, 0.1) is 11.3 Å². The van der Waals surface area contributed by atoms with E-state index >= 15 is 0 Å². The standard InChI is InChI=1S/C13H15NO2/c1-9(2)8-12(15)10-4-3-5-11-13(10)16-7-6-14-11/h3-5,8,14H,6-7H2,1-2H3. The molecule has 1 N–H and O–H groups in total. The minimum absolute atomic E-state index is 0.000509. The van der Waals surface area contributed by atoms with E-state index in [1.165, 1.54) is 0 Å². The number of rotatable bonds is 2. The van der Waals surface area contributed by atoms with Gasteiger partial charge in [-0.25, -0.2) is 0 Å². The van der Waals surface area contributed by atoms with Gasteiger partial charge in [0, 0.05) is 6.54 Å². The van der Waals surface area contributed by atoms with E-state index in [4.69, 9.17) is 4.74 Å². The molecule has 0 saturated heterocycles. The Bertz CT molecular complexity index is 445. The number of fused-ring (bicyclic) bond motifs is 1. The molecule has 1 aliphatic rings. The molecule has 0 fully saturated rings. The van der Waals surface area contributed by atoms with E-state index < -0.39 is 0 Å². The summed E-state index contributed by atoms with van der Waals surface area (Å²) in [6, 6.07) is 5.59. The zero-order valence-electron chi connectivity index (χ0n) is 9.54. The summed E-state index contributed by atoms with van der Waals surface area (Å²) in [6.45, 7) is 5.21. The van der Waals surface area contributed by atoms with Gasteiger partial charge in [-0.1, -0.05) is 11.6 Å². The lowest BCUT2D eigenvalue weighted by atomic mass is 10.1. The first-order valence-corrected chi connectivity index (χ1v) is 5.37. The van der Waals surface area contributed by atoms with Crippen LogP contribution in [0.15, 0.2) is 29.8 Å². The van der Waals surface area contributed by atoms with Crippen molar-refractivity contribution in [3.8, 4) is 5.75 Å². The minimum Gasteiger partial charge on any atom is -0.489 e. The normalized spacial score (nSPS) is 13.1. The third-order valence-corrected chi connectivity index (χ3v) is 2.36. The highest BCUT2D eigenvalue weighted by Gasteiger charge is 2.17. The highest BCUT2D eigenvalue weighted by atomic mass is 16.5. The molecule has 1 aromatic carbocycles. The van der Waals surface area contributed by atoms with Gasteiger partial charge >= 0.3 is 0 Å². The van der Waals surface area contributed by atoms with Crippen LogP contribution < -0.4 is 10.1 Å². The predicted octanol–water partition coefficient (Wildman–Crippen LogP) is 2.64. The summed E-state index contributed by atoms with van der Waals surface area (Å²) in [6.07, 6.45) is 1.63. The Hall–Kier alpha value is -1.77. The lowest BCUT2D eigenvalue weighted by Crippen LogP contribution is -2.19. The molecule has 0 bridgehead atoms. The van der Waals surface area contributed by atoms with Gasteiger partial charge in [0.25, 0.3) is 0 Å². The van der Waals surface area contributed by atoms with Crippen LogP contribution in [0.4, 0.5) is 5.69 Å². The number of para-hydroxylation sites is 1. The van der Waals surface area contributed by atoms with Crippen molar-refractivity contribution in [1.29, 1.82) is 0 Å². The lowest BCUT2D eigenvalue weighted by Gasteiger charge is -2.20. The SMILES string of the molecule is CC(C)=CC(=O)c1cccc2c1OCCN2. The predicted molar refractivity (Wildman–Crippen MR) is 64.2 cm³/mol. The van der Waals surface area contributed by atoms with Crippen molar-refractivity contribution in [2.75, 3.05) is 18.5 Å². The smallest absolute Gasteiger partial charge is 0.189 e. The quantitative estimate of drug-likeness (QED) is 0.611. The molecular formula is C13H15NO2. The van der Waals surface area contributed by atoms with Gasteiger partial charge in [0.1, 0.15) is 6.61 Å². The summed E-state index contributed by atoms with van der Waals surface area (Å²) in [4.78, 5) is 11.9. The third kappa shape index (κ3) is 2.08. The van der Waals surface area contributed by atoms with Crippen molar-refractivity contribution >= 4 is 11.5 Å². The Morgan fingerprint density at radius 2 is 2.25 bits per heavy atom. The fourth-order valence-corrected chi connectivity index (χ4v) is 1.70. The Kier molecular flexibility index (Phi) is 2.95. The van der Waals surface area contributed by atoms with Crippen molar-refractivity contribution in [2.45, 2.75) is 13.8 Å². The van der Waals surface area contributed by atoms with Gasteiger partial charge in [-0.15, -0.1) is 0 Å². The van der Waals surface area contributed by atoms with Crippen molar-refractivity contribution in [3.63, 3.8) is 0 Å². The van der Waals surface area contributed by atoms with Crippen molar-refractivity contribution < 1.29 is 9.53 Å².